The van der Waals surface area contributed by atoms with E-state index in [9.17, 15) is 9.90 Å². The zero-order chi connectivity index (χ0) is 20.2. The van der Waals surface area contributed by atoms with Crippen LogP contribution in [0.15, 0.2) is 12.2 Å². The Balaban J connectivity index is 3.15. The number of aliphatic hydroxyl groups excluding tert-OH is 2. The first-order chi connectivity index (χ1) is 13.1. The molecule has 0 heterocycles. The van der Waals surface area contributed by atoms with Crippen molar-refractivity contribution in [3.63, 3.8) is 0 Å². The van der Waals surface area contributed by atoms with Gasteiger partial charge in [-0.05, 0) is 12.8 Å². The molecule has 0 rings (SSSR count). The van der Waals surface area contributed by atoms with Crippen LogP contribution in [0.2, 0.25) is 0 Å². The smallest absolute Gasteiger partial charge is 0.333 e. The predicted octanol–water partition coefficient (Wildman–Crippen LogP) is 6.00. The topological polar surface area (TPSA) is 77.8 Å². The average molecular weight is 385 g/mol. The van der Waals surface area contributed by atoms with E-state index in [0.717, 1.165) is 19.3 Å². The summed E-state index contributed by atoms with van der Waals surface area (Å²) in [6.45, 7) is 3.74. The van der Waals surface area contributed by atoms with Crippen molar-refractivity contribution in [2.24, 2.45) is 0 Å². The Morgan fingerprint density at radius 1 is 0.630 bits per heavy atom. The van der Waals surface area contributed by atoms with Gasteiger partial charge in [0, 0.05) is 6.61 Å². The number of unbranched alkanes of at least 4 members (excludes halogenated alkanes) is 16. The van der Waals surface area contributed by atoms with Crippen LogP contribution >= 0.6 is 0 Å². The number of hydrogen-bond acceptors (Lipinski definition) is 3. The summed E-state index contributed by atoms with van der Waals surface area (Å²) in [6, 6.07) is 0. The maximum Gasteiger partial charge on any atom is 0.333 e. The molecule has 0 aliphatic rings. The minimum atomic E-state index is -1.10. The van der Waals surface area contributed by atoms with Crippen LogP contribution in [-0.2, 0) is 4.79 Å². The van der Waals surface area contributed by atoms with Gasteiger partial charge in [-0.15, -0.1) is 0 Å². The molecular formula is C23H44O4. The van der Waals surface area contributed by atoms with Gasteiger partial charge in [0.2, 0.25) is 0 Å². The van der Waals surface area contributed by atoms with Gasteiger partial charge < -0.3 is 15.3 Å². The third kappa shape index (κ3) is 18.3. The van der Waals surface area contributed by atoms with E-state index in [1.807, 2.05) is 0 Å². The van der Waals surface area contributed by atoms with Crippen LogP contribution < -0.4 is 0 Å². The Bertz CT molecular complexity index is 354. The van der Waals surface area contributed by atoms with Gasteiger partial charge in [0.15, 0.2) is 0 Å². The van der Waals surface area contributed by atoms with Crippen molar-refractivity contribution >= 4 is 5.97 Å². The molecule has 4 nitrogen and oxygen atoms in total. The van der Waals surface area contributed by atoms with Crippen molar-refractivity contribution in [3.8, 4) is 0 Å². The molecule has 0 bridgehead atoms. The van der Waals surface area contributed by atoms with Crippen LogP contribution in [-0.4, -0.2) is 34.0 Å². The summed E-state index contributed by atoms with van der Waals surface area (Å²) in [5, 5.41) is 27.1. The highest BCUT2D eigenvalue weighted by Crippen LogP contribution is 2.15. The number of hydrogen-bond donors (Lipinski definition) is 3. The molecule has 0 amide bonds. The van der Waals surface area contributed by atoms with Crippen LogP contribution in [0.5, 0.6) is 0 Å². The minimum absolute atomic E-state index is 0.0898. The lowest BCUT2D eigenvalue weighted by Gasteiger charge is -2.09. The zero-order valence-corrected chi connectivity index (χ0v) is 17.5. The molecule has 0 fully saturated rings. The van der Waals surface area contributed by atoms with Gasteiger partial charge >= 0.3 is 5.97 Å². The first kappa shape index (κ1) is 26.1. The monoisotopic (exact) mass is 384 g/mol. The lowest BCUT2D eigenvalue weighted by atomic mass is 10.0. The molecular weight excluding hydrogens is 340 g/mol. The molecule has 0 saturated heterocycles. The largest absolute Gasteiger partial charge is 0.478 e. The van der Waals surface area contributed by atoms with E-state index in [1.54, 1.807) is 0 Å². The van der Waals surface area contributed by atoms with Crippen molar-refractivity contribution in [1.29, 1.82) is 0 Å². The van der Waals surface area contributed by atoms with E-state index in [1.165, 1.54) is 89.9 Å². The van der Waals surface area contributed by atoms with E-state index < -0.39 is 12.1 Å². The van der Waals surface area contributed by atoms with E-state index >= 15 is 0 Å². The van der Waals surface area contributed by atoms with Gasteiger partial charge in [0.25, 0.3) is 0 Å². The predicted molar refractivity (Wildman–Crippen MR) is 113 cm³/mol. The third-order valence-electron chi connectivity index (χ3n) is 5.31. The Hall–Kier alpha value is -0.870. The molecule has 0 radical (unpaired) electrons. The number of rotatable bonds is 21. The van der Waals surface area contributed by atoms with Crippen molar-refractivity contribution in [3.05, 3.63) is 12.2 Å². The maximum absolute atomic E-state index is 10.7. The van der Waals surface area contributed by atoms with Crippen LogP contribution in [0, 0.1) is 0 Å². The normalized spacial score (nSPS) is 12.2. The number of aliphatic hydroxyl groups is 2. The summed E-state index contributed by atoms with van der Waals surface area (Å²) in [4.78, 5) is 10.7. The van der Waals surface area contributed by atoms with Gasteiger partial charge in [0.05, 0.1) is 11.7 Å². The Labute approximate surface area is 167 Å². The molecule has 0 aromatic carbocycles. The molecule has 4 heteroatoms. The summed E-state index contributed by atoms with van der Waals surface area (Å²) < 4.78 is 0. The van der Waals surface area contributed by atoms with Gasteiger partial charge in [0.1, 0.15) is 0 Å². The molecule has 0 aromatic rings. The summed E-state index contributed by atoms with van der Waals surface area (Å²) >= 11 is 0. The second-order valence-corrected chi connectivity index (χ2v) is 7.87. The number of carboxylic acid groups (broad SMARTS) is 1. The van der Waals surface area contributed by atoms with E-state index in [4.69, 9.17) is 10.2 Å². The molecule has 0 spiro atoms. The quantitative estimate of drug-likeness (QED) is 0.167. The van der Waals surface area contributed by atoms with Crippen LogP contribution in [0.4, 0.5) is 0 Å². The fraction of sp³-hybridized carbons (Fsp3) is 0.870. The SMILES string of the molecule is C=C(C(=O)O)C(O)CCCCCCCCCCCCCCCCCCCO. The Morgan fingerprint density at radius 2 is 0.926 bits per heavy atom. The standard InChI is InChI=1S/C23H44O4/c1-21(23(26)27)22(25)19-17-15-13-11-9-7-5-3-2-4-6-8-10-12-14-16-18-20-24/h22,24-25H,1-20H2,(H,26,27). The first-order valence-electron chi connectivity index (χ1n) is 11.3. The number of carboxylic acids is 1. The van der Waals surface area contributed by atoms with Crippen LogP contribution in [0.25, 0.3) is 0 Å². The van der Waals surface area contributed by atoms with Crippen molar-refractivity contribution in [2.45, 2.75) is 122 Å². The molecule has 3 N–H and O–H groups in total. The first-order valence-corrected chi connectivity index (χ1v) is 11.3. The molecule has 0 aliphatic carbocycles. The van der Waals surface area contributed by atoms with Crippen molar-refractivity contribution in [2.75, 3.05) is 6.61 Å². The molecule has 160 valence electrons. The summed E-state index contributed by atoms with van der Waals surface area (Å²) in [5.41, 5.74) is -0.0898. The summed E-state index contributed by atoms with van der Waals surface area (Å²) in [6.07, 6.45) is 20.9. The second kappa shape index (κ2) is 19.9. The average Bonchev–Trinajstić information content (AvgIpc) is 2.66. The van der Waals surface area contributed by atoms with E-state index in [-0.39, 0.29) is 5.57 Å². The van der Waals surface area contributed by atoms with Crippen molar-refractivity contribution < 1.29 is 20.1 Å². The highest BCUT2D eigenvalue weighted by molar-refractivity contribution is 5.86. The molecule has 1 atom stereocenters. The van der Waals surface area contributed by atoms with Crippen LogP contribution in [0.1, 0.15) is 116 Å². The molecule has 0 saturated carbocycles. The summed E-state index contributed by atoms with van der Waals surface area (Å²) in [5.74, 6) is -1.10. The summed E-state index contributed by atoms with van der Waals surface area (Å²) in [7, 11) is 0. The highest BCUT2D eigenvalue weighted by atomic mass is 16.4. The Kier molecular flexibility index (Phi) is 19.2. The molecule has 1 unspecified atom stereocenters. The highest BCUT2D eigenvalue weighted by Gasteiger charge is 2.14. The number of carbonyl (C=O) groups is 1. The number of aliphatic carboxylic acids is 1. The molecule has 0 aliphatic heterocycles. The Morgan fingerprint density at radius 3 is 1.22 bits per heavy atom. The van der Waals surface area contributed by atoms with E-state index in [0.29, 0.717) is 13.0 Å². The lowest BCUT2D eigenvalue weighted by Crippen LogP contribution is -2.16. The maximum atomic E-state index is 10.7. The molecule has 0 aromatic heterocycles. The lowest BCUT2D eigenvalue weighted by molar-refractivity contribution is -0.133. The minimum Gasteiger partial charge on any atom is -0.478 e. The van der Waals surface area contributed by atoms with Crippen molar-refractivity contribution in [1.82, 2.24) is 0 Å². The molecule has 27 heavy (non-hydrogen) atoms. The van der Waals surface area contributed by atoms with Crippen LogP contribution in [0.3, 0.4) is 0 Å². The fourth-order valence-electron chi connectivity index (χ4n) is 3.42. The van der Waals surface area contributed by atoms with Gasteiger partial charge in [-0.1, -0.05) is 109 Å². The third-order valence-corrected chi connectivity index (χ3v) is 5.31. The zero-order valence-electron chi connectivity index (χ0n) is 17.5. The fourth-order valence-corrected chi connectivity index (χ4v) is 3.42. The van der Waals surface area contributed by atoms with Gasteiger partial charge in [-0.25, -0.2) is 4.79 Å². The van der Waals surface area contributed by atoms with E-state index in [2.05, 4.69) is 6.58 Å². The second-order valence-electron chi connectivity index (χ2n) is 7.87. The van der Waals surface area contributed by atoms with Gasteiger partial charge in [-0.2, -0.15) is 0 Å². The van der Waals surface area contributed by atoms with Gasteiger partial charge in [-0.3, -0.25) is 0 Å².